The highest BCUT2D eigenvalue weighted by Crippen LogP contribution is 2.63. The van der Waals surface area contributed by atoms with Crippen LogP contribution in [0, 0.1) is 11.8 Å². The Kier molecular flexibility index (Phi) is 4.23. The molecule has 4 aliphatic rings. The number of hydrogen-bond acceptors (Lipinski definition) is 4. The molecule has 1 saturated heterocycles. The number of epoxide rings is 1. The van der Waals surface area contributed by atoms with Crippen LogP contribution in [0.25, 0.3) is 0 Å². The molecule has 0 radical (unpaired) electrons. The average molecular weight is 425 g/mol. The standard InChI is InChI=1S/C25H32O4Si/c1-14-11-18(29-30(5,6)24(2,3)4)21-20-17(12-19-25(21,13-14)28-19)22(26)15-9-7-8-10-16(15)23(20)27/h7-10,14,18-19,21H,11-13H2,1-6H3/t14-,18+,19+,21+,25+/m0/s1. The van der Waals surface area contributed by atoms with Crippen LogP contribution in [-0.2, 0) is 9.16 Å². The third-order valence-electron chi connectivity index (χ3n) is 8.26. The normalized spacial score (nSPS) is 35.4. The smallest absolute Gasteiger partial charge is 0.192 e. The maximum absolute atomic E-state index is 13.7. The van der Waals surface area contributed by atoms with E-state index in [1.54, 1.807) is 12.1 Å². The Morgan fingerprint density at radius 1 is 1.10 bits per heavy atom. The Bertz CT molecular complexity index is 985. The summed E-state index contributed by atoms with van der Waals surface area (Å²) in [5.41, 5.74) is 2.13. The van der Waals surface area contributed by atoms with Gasteiger partial charge in [-0.2, -0.15) is 0 Å². The summed E-state index contributed by atoms with van der Waals surface area (Å²) in [6.07, 6.45) is 2.38. The number of ketones is 2. The molecule has 0 bridgehead atoms. The van der Waals surface area contributed by atoms with Crippen molar-refractivity contribution in [1.82, 2.24) is 0 Å². The number of Topliss-reactive ketones (excluding diaryl/α,β-unsaturated/α-hetero) is 2. The first kappa shape index (κ1) is 20.3. The summed E-state index contributed by atoms with van der Waals surface area (Å²) in [5, 5.41) is 0.0789. The summed E-state index contributed by atoms with van der Waals surface area (Å²) >= 11 is 0. The van der Waals surface area contributed by atoms with Crippen molar-refractivity contribution in [2.45, 2.75) is 82.9 Å². The molecule has 3 aliphatic carbocycles. The summed E-state index contributed by atoms with van der Waals surface area (Å²) in [6.45, 7) is 13.5. The van der Waals surface area contributed by atoms with E-state index < -0.39 is 8.32 Å². The first-order valence-electron chi connectivity index (χ1n) is 11.2. The van der Waals surface area contributed by atoms with E-state index in [-0.39, 0.29) is 40.3 Å². The molecule has 5 atom stereocenters. The van der Waals surface area contributed by atoms with Crippen LogP contribution >= 0.6 is 0 Å². The summed E-state index contributed by atoms with van der Waals surface area (Å²) < 4.78 is 13.3. The highest BCUT2D eigenvalue weighted by atomic mass is 28.4. The van der Waals surface area contributed by atoms with Crippen molar-refractivity contribution in [1.29, 1.82) is 0 Å². The number of hydrogen-bond donors (Lipinski definition) is 0. The predicted octanol–water partition coefficient (Wildman–Crippen LogP) is 5.34. The van der Waals surface area contributed by atoms with Crippen LogP contribution in [-0.4, -0.2) is 37.7 Å². The average Bonchev–Trinajstić information content (AvgIpc) is 3.34. The number of benzene rings is 1. The second kappa shape index (κ2) is 6.24. The lowest BCUT2D eigenvalue weighted by molar-refractivity contribution is 0.0162. The van der Waals surface area contributed by atoms with Gasteiger partial charge in [-0.25, -0.2) is 0 Å². The van der Waals surface area contributed by atoms with E-state index in [2.05, 4.69) is 40.8 Å². The zero-order chi connectivity index (χ0) is 21.6. The zero-order valence-electron chi connectivity index (χ0n) is 18.9. The van der Waals surface area contributed by atoms with E-state index in [4.69, 9.17) is 9.16 Å². The molecular weight excluding hydrogens is 392 g/mol. The van der Waals surface area contributed by atoms with Crippen LogP contribution < -0.4 is 0 Å². The van der Waals surface area contributed by atoms with Crippen LogP contribution in [0.4, 0.5) is 0 Å². The molecule has 0 unspecified atom stereocenters. The summed E-state index contributed by atoms with van der Waals surface area (Å²) in [7, 11) is -2.05. The van der Waals surface area contributed by atoms with Crippen molar-refractivity contribution in [3.8, 4) is 0 Å². The van der Waals surface area contributed by atoms with Crippen molar-refractivity contribution in [2.24, 2.45) is 11.8 Å². The van der Waals surface area contributed by atoms with Gasteiger partial charge >= 0.3 is 0 Å². The minimum atomic E-state index is -2.05. The number of carbonyl (C=O) groups excluding carboxylic acids is 2. The molecule has 1 aromatic carbocycles. The van der Waals surface area contributed by atoms with Crippen molar-refractivity contribution in [3.05, 3.63) is 46.5 Å². The SMILES string of the molecule is C[C@H]1C[C@@H](O[Si](C)(C)C(C)(C)C)[C@@H]2C3=C(C[C@H]4O[C@]42C1)C(=O)c1ccccc1C3=O. The number of ether oxygens (including phenoxy) is 1. The fraction of sp³-hybridized carbons (Fsp3) is 0.600. The van der Waals surface area contributed by atoms with Gasteiger partial charge < -0.3 is 9.16 Å². The first-order valence-corrected chi connectivity index (χ1v) is 14.1. The van der Waals surface area contributed by atoms with Gasteiger partial charge in [0.05, 0.1) is 12.2 Å². The Morgan fingerprint density at radius 3 is 2.37 bits per heavy atom. The molecule has 160 valence electrons. The molecular formula is C25H32O4Si. The van der Waals surface area contributed by atoms with Crippen LogP contribution in [0.1, 0.15) is 67.7 Å². The molecule has 0 aromatic heterocycles. The van der Waals surface area contributed by atoms with Gasteiger partial charge in [0.1, 0.15) is 5.60 Å². The quantitative estimate of drug-likeness (QED) is 0.475. The molecule has 0 amide bonds. The van der Waals surface area contributed by atoms with Gasteiger partial charge in [-0.3, -0.25) is 9.59 Å². The second-order valence-corrected chi connectivity index (χ2v) is 16.1. The molecule has 2 fully saturated rings. The minimum Gasteiger partial charge on any atom is -0.413 e. The Balaban J connectivity index is 1.62. The van der Waals surface area contributed by atoms with E-state index >= 15 is 0 Å². The third kappa shape index (κ3) is 2.71. The molecule has 1 heterocycles. The lowest BCUT2D eigenvalue weighted by atomic mass is 9.60. The van der Waals surface area contributed by atoms with E-state index in [9.17, 15) is 9.59 Å². The third-order valence-corrected chi connectivity index (χ3v) is 12.8. The second-order valence-electron chi connectivity index (χ2n) is 11.3. The van der Waals surface area contributed by atoms with Gasteiger partial charge in [-0.05, 0) is 36.9 Å². The lowest BCUT2D eigenvalue weighted by Crippen LogP contribution is -2.54. The Morgan fingerprint density at radius 2 is 1.73 bits per heavy atom. The van der Waals surface area contributed by atoms with Crippen molar-refractivity contribution in [3.63, 3.8) is 0 Å². The van der Waals surface area contributed by atoms with Crippen LogP contribution in [0.2, 0.25) is 18.1 Å². The maximum Gasteiger partial charge on any atom is 0.192 e. The van der Waals surface area contributed by atoms with Crippen molar-refractivity contribution < 1.29 is 18.8 Å². The van der Waals surface area contributed by atoms with Gasteiger partial charge in [0, 0.05) is 34.6 Å². The number of fused-ring (bicyclic) bond motifs is 2. The summed E-state index contributed by atoms with van der Waals surface area (Å²) in [5.74, 6) is 0.358. The predicted molar refractivity (Wildman–Crippen MR) is 118 cm³/mol. The maximum atomic E-state index is 13.7. The molecule has 30 heavy (non-hydrogen) atoms. The number of carbonyl (C=O) groups is 2. The molecule has 1 aliphatic heterocycles. The molecule has 5 heteroatoms. The lowest BCUT2D eigenvalue weighted by Gasteiger charge is -2.48. The highest BCUT2D eigenvalue weighted by Gasteiger charge is 2.70. The fourth-order valence-corrected chi connectivity index (χ4v) is 7.11. The Hall–Kier alpha value is -1.56. The van der Waals surface area contributed by atoms with Crippen LogP contribution in [0.5, 0.6) is 0 Å². The van der Waals surface area contributed by atoms with E-state index in [0.717, 1.165) is 12.8 Å². The van der Waals surface area contributed by atoms with Crippen LogP contribution in [0.15, 0.2) is 35.4 Å². The van der Waals surface area contributed by atoms with Crippen molar-refractivity contribution in [2.75, 3.05) is 0 Å². The van der Waals surface area contributed by atoms with E-state index in [1.165, 1.54) is 0 Å². The number of rotatable bonds is 2. The van der Waals surface area contributed by atoms with Crippen LogP contribution in [0.3, 0.4) is 0 Å². The molecule has 1 aromatic rings. The summed E-state index contributed by atoms with van der Waals surface area (Å²) in [4.78, 5) is 27.0. The van der Waals surface area contributed by atoms with Crippen molar-refractivity contribution >= 4 is 19.9 Å². The largest absolute Gasteiger partial charge is 0.413 e. The monoisotopic (exact) mass is 424 g/mol. The first-order chi connectivity index (χ1) is 14.0. The summed E-state index contributed by atoms with van der Waals surface area (Å²) in [6, 6.07) is 7.25. The van der Waals surface area contributed by atoms with Gasteiger partial charge in [0.15, 0.2) is 19.9 Å². The van der Waals surface area contributed by atoms with Gasteiger partial charge in [-0.15, -0.1) is 0 Å². The molecule has 4 nitrogen and oxygen atoms in total. The molecule has 1 saturated carbocycles. The van der Waals surface area contributed by atoms with Gasteiger partial charge in [-0.1, -0.05) is 52.0 Å². The molecule has 0 N–H and O–H groups in total. The van der Waals surface area contributed by atoms with E-state index in [1.807, 2.05) is 12.1 Å². The Labute approximate surface area is 180 Å². The molecule has 1 spiro atoms. The fourth-order valence-electron chi connectivity index (χ4n) is 5.77. The highest BCUT2D eigenvalue weighted by molar-refractivity contribution is 6.74. The molecule has 5 rings (SSSR count). The van der Waals surface area contributed by atoms with Gasteiger partial charge in [0.25, 0.3) is 0 Å². The zero-order valence-corrected chi connectivity index (χ0v) is 19.9. The van der Waals surface area contributed by atoms with Gasteiger partial charge in [0.2, 0.25) is 0 Å². The topological polar surface area (TPSA) is 55.9 Å². The minimum absolute atomic E-state index is 0.00833. The van der Waals surface area contributed by atoms with E-state index in [0.29, 0.717) is 34.6 Å².